The van der Waals surface area contributed by atoms with E-state index in [4.69, 9.17) is 16.3 Å². The van der Waals surface area contributed by atoms with Crippen molar-refractivity contribution in [3.05, 3.63) is 35.6 Å². The summed E-state index contributed by atoms with van der Waals surface area (Å²) in [6.07, 6.45) is 3.10. The number of methoxy groups -OCH3 is 1. The highest BCUT2D eigenvalue weighted by Crippen LogP contribution is 2.28. The first-order valence-corrected chi connectivity index (χ1v) is 11.5. The predicted octanol–water partition coefficient (Wildman–Crippen LogP) is 3.22. The topological polar surface area (TPSA) is 96.5 Å². The quantitative estimate of drug-likeness (QED) is 0.458. The first-order valence-electron chi connectivity index (χ1n) is 10.1. The number of amides is 2. The highest BCUT2D eigenvalue weighted by Gasteiger charge is 2.25. The van der Waals surface area contributed by atoms with Gasteiger partial charge in [-0.3, -0.25) is 9.59 Å². The van der Waals surface area contributed by atoms with Crippen LogP contribution < -0.4 is 20.3 Å². The van der Waals surface area contributed by atoms with Crippen LogP contribution in [0.15, 0.2) is 35.6 Å². The first-order chi connectivity index (χ1) is 15.0. The van der Waals surface area contributed by atoms with Crippen molar-refractivity contribution in [2.75, 3.05) is 42.7 Å². The zero-order valence-electron chi connectivity index (χ0n) is 17.6. The highest BCUT2D eigenvalue weighted by molar-refractivity contribution is 7.99. The number of carbonyl (C=O) groups excluding carboxylic acids is 2. The van der Waals surface area contributed by atoms with Gasteiger partial charge in [0, 0.05) is 37.3 Å². The van der Waals surface area contributed by atoms with Gasteiger partial charge in [0.1, 0.15) is 22.9 Å². The van der Waals surface area contributed by atoms with E-state index in [1.54, 1.807) is 18.2 Å². The number of hydrogen-bond donors (Lipinski definition) is 2. The van der Waals surface area contributed by atoms with Crippen molar-refractivity contribution in [3.63, 3.8) is 0 Å². The summed E-state index contributed by atoms with van der Waals surface area (Å²) in [6, 6.07) is 6.97. The molecule has 0 radical (unpaired) electrons. The van der Waals surface area contributed by atoms with Crippen LogP contribution in [0.2, 0.25) is 5.02 Å². The van der Waals surface area contributed by atoms with Crippen molar-refractivity contribution in [1.82, 2.24) is 15.3 Å². The van der Waals surface area contributed by atoms with Crippen molar-refractivity contribution in [3.8, 4) is 5.75 Å². The molecular formula is C21H26ClN5O3S. The summed E-state index contributed by atoms with van der Waals surface area (Å²) >= 11 is 7.43. The molecule has 8 nitrogen and oxygen atoms in total. The monoisotopic (exact) mass is 463 g/mol. The summed E-state index contributed by atoms with van der Waals surface area (Å²) in [5.41, 5.74) is 0.606. The minimum absolute atomic E-state index is 0.0574. The maximum Gasteiger partial charge on any atom is 0.234 e. The number of hydrogen-bond acceptors (Lipinski definition) is 7. The number of rotatable bonds is 8. The van der Waals surface area contributed by atoms with Gasteiger partial charge in [0.2, 0.25) is 11.8 Å². The second-order valence-electron chi connectivity index (χ2n) is 7.06. The van der Waals surface area contributed by atoms with E-state index in [9.17, 15) is 9.59 Å². The highest BCUT2D eigenvalue weighted by atomic mass is 35.5. The van der Waals surface area contributed by atoms with Gasteiger partial charge in [-0.2, -0.15) is 0 Å². The normalized spacial score (nSPS) is 14.2. The molecule has 1 fully saturated rings. The molecule has 31 heavy (non-hydrogen) atoms. The van der Waals surface area contributed by atoms with Crippen LogP contribution >= 0.6 is 23.4 Å². The van der Waals surface area contributed by atoms with E-state index >= 15 is 0 Å². The Morgan fingerprint density at radius 2 is 2.03 bits per heavy atom. The maximum atomic E-state index is 12.3. The lowest BCUT2D eigenvalue weighted by Gasteiger charge is -2.32. The fraction of sp³-hybridized carbons (Fsp3) is 0.429. The standard InChI is InChI=1S/C21H26ClN5O3S/c1-3-23-21(29)14-6-8-27(9-7-14)18-11-20(25-13-24-18)31-12-19(28)26-15-4-5-17(30-2)16(22)10-15/h4-5,10-11,13-14H,3,6-9,12H2,1-2H3,(H,23,29)(H,26,28). The molecule has 1 aliphatic heterocycles. The predicted molar refractivity (Wildman–Crippen MR) is 123 cm³/mol. The Morgan fingerprint density at radius 3 is 2.71 bits per heavy atom. The van der Waals surface area contributed by atoms with E-state index in [2.05, 4.69) is 25.5 Å². The lowest BCUT2D eigenvalue weighted by molar-refractivity contribution is -0.125. The van der Waals surface area contributed by atoms with Gasteiger partial charge in [-0.15, -0.1) is 0 Å². The van der Waals surface area contributed by atoms with Crippen molar-refractivity contribution >= 4 is 46.7 Å². The molecule has 2 heterocycles. The SMILES string of the molecule is CCNC(=O)C1CCN(c2cc(SCC(=O)Nc3ccc(OC)c(Cl)c3)ncn2)CC1. The van der Waals surface area contributed by atoms with Gasteiger partial charge in [-0.25, -0.2) is 9.97 Å². The van der Waals surface area contributed by atoms with Crippen LogP contribution in [0.3, 0.4) is 0 Å². The van der Waals surface area contributed by atoms with Crippen molar-refractivity contribution in [1.29, 1.82) is 0 Å². The zero-order valence-corrected chi connectivity index (χ0v) is 19.1. The minimum atomic E-state index is -0.158. The zero-order chi connectivity index (χ0) is 22.2. The molecule has 3 rings (SSSR count). The van der Waals surface area contributed by atoms with E-state index in [1.807, 2.05) is 13.0 Å². The van der Waals surface area contributed by atoms with Gasteiger partial charge in [0.15, 0.2) is 0 Å². The number of aromatic nitrogens is 2. The van der Waals surface area contributed by atoms with Crippen molar-refractivity contribution < 1.29 is 14.3 Å². The summed E-state index contributed by atoms with van der Waals surface area (Å²) in [4.78, 5) is 35.1. The lowest BCUT2D eigenvalue weighted by atomic mass is 9.96. The van der Waals surface area contributed by atoms with Crippen molar-refractivity contribution in [2.45, 2.75) is 24.8 Å². The van der Waals surface area contributed by atoms with Gasteiger partial charge in [-0.05, 0) is 38.0 Å². The van der Waals surface area contributed by atoms with E-state index in [-0.39, 0.29) is 23.5 Å². The maximum absolute atomic E-state index is 12.3. The smallest absolute Gasteiger partial charge is 0.234 e. The van der Waals surface area contributed by atoms with Gasteiger partial charge < -0.3 is 20.3 Å². The lowest BCUT2D eigenvalue weighted by Crippen LogP contribution is -2.40. The molecular weight excluding hydrogens is 438 g/mol. The second kappa shape index (κ2) is 11.2. The molecule has 0 bridgehead atoms. The molecule has 1 aliphatic rings. The van der Waals surface area contributed by atoms with Crippen LogP contribution in [0.1, 0.15) is 19.8 Å². The van der Waals surface area contributed by atoms with E-state index in [0.717, 1.165) is 36.8 Å². The average molecular weight is 464 g/mol. The van der Waals surface area contributed by atoms with Crippen LogP contribution in [0, 0.1) is 5.92 Å². The molecule has 0 unspecified atom stereocenters. The second-order valence-corrected chi connectivity index (χ2v) is 8.46. The van der Waals surface area contributed by atoms with E-state index in [0.29, 0.717) is 23.0 Å². The molecule has 1 aromatic heterocycles. The van der Waals surface area contributed by atoms with Gasteiger partial charge in [0.05, 0.1) is 17.9 Å². The number of thioether (sulfide) groups is 1. The van der Waals surface area contributed by atoms with Gasteiger partial charge in [0.25, 0.3) is 0 Å². The number of ether oxygens (including phenoxy) is 1. The molecule has 1 aromatic carbocycles. The number of piperidine rings is 1. The van der Waals surface area contributed by atoms with Crippen LogP contribution in [-0.4, -0.2) is 54.3 Å². The largest absolute Gasteiger partial charge is 0.495 e. The third-order valence-corrected chi connectivity index (χ3v) is 6.18. The molecule has 0 atom stereocenters. The minimum Gasteiger partial charge on any atom is -0.495 e. The molecule has 0 aliphatic carbocycles. The number of anilines is 2. The molecule has 10 heteroatoms. The first kappa shape index (κ1) is 23.1. The van der Waals surface area contributed by atoms with Crippen LogP contribution in [0.4, 0.5) is 11.5 Å². The fourth-order valence-electron chi connectivity index (χ4n) is 3.35. The third-order valence-electron chi connectivity index (χ3n) is 4.96. The molecule has 1 saturated heterocycles. The van der Waals surface area contributed by atoms with Crippen LogP contribution in [0.5, 0.6) is 5.75 Å². The Hall–Kier alpha value is -2.52. The Labute approximate surface area is 191 Å². The van der Waals surface area contributed by atoms with Crippen LogP contribution in [0.25, 0.3) is 0 Å². The van der Waals surface area contributed by atoms with Gasteiger partial charge in [-0.1, -0.05) is 23.4 Å². The molecule has 0 saturated carbocycles. The number of halogens is 1. The number of benzene rings is 1. The Kier molecular flexibility index (Phi) is 8.36. The summed E-state index contributed by atoms with van der Waals surface area (Å²) < 4.78 is 5.11. The summed E-state index contributed by atoms with van der Waals surface area (Å²) in [7, 11) is 1.54. The molecule has 166 valence electrons. The average Bonchev–Trinajstić information content (AvgIpc) is 2.78. The Bertz CT molecular complexity index is 922. The summed E-state index contributed by atoms with van der Waals surface area (Å²) in [5.74, 6) is 1.60. The van der Waals surface area contributed by atoms with Crippen LogP contribution in [-0.2, 0) is 9.59 Å². The van der Waals surface area contributed by atoms with Gasteiger partial charge >= 0.3 is 0 Å². The number of nitrogens with one attached hydrogen (secondary N) is 2. The molecule has 2 aromatic rings. The number of carbonyl (C=O) groups is 2. The van der Waals surface area contributed by atoms with Crippen molar-refractivity contribution in [2.24, 2.45) is 5.92 Å². The molecule has 2 amide bonds. The molecule has 2 N–H and O–H groups in total. The summed E-state index contributed by atoms with van der Waals surface area (Å²) in [5, 5.41) is 6.87. The Balaban J connectivity index is 1.51. The summed E-state index contributed by atoms with van der Waals surface area (Å²) in [6.45, 7) is 4.12. The molecule has 0 spiro atoms. The van der Waals surface area contributed by atoms with E-state index < -0.39 is 0 Å². The van der Waals surface area contributed by atoms with E-state index in [1.165, 1.54) is 25.2 Å². The third kappa shape index (κ3) is 6.48. The number of nitrogens with zero attached hydrogens (tertiary/aromatic N) is 3. The Morgan fingerprint density at radius 1 is 1.26 bits per heavy atom. The fourth-order valence-corrected chi connectivity index (χ4v) is 4.27.